The molecule has 0 spiro atoms. The summed E-state index contributed by atoms with van der Waals surface area (Å²) in [5.41, 5.74) is 2.35. The van der Waals surface area contributed by atoms with E-state index in [2.05, 4.69) is 27.8 Å². The molecular formula is C21H26FN3O. The van der Waals surface area contributed by atoms with Crippen LogP contribution in [-0.2, 0) is 11.8 Å². The number of hydrogen-bond donors (Lipinski definition) is 2. The Bertz CT molecular complexity index is 754. The summed E-state index contributed by atoms with van der Waals surface area (Å²) in [6, 6.07) is 15.0. The van der Waals surface area contributed by atoms with Crippen LogP contribution in [0.3, 0.4) is 0 Å². The Kier molecular flexibility index (Phi) is 5.76. The van der Waals surface area contributed by atoms with E-state index in [9.17, 15) is 4.39 Å². The van der Waals surface area contributed by atoms with E-state index in [1.54, 1.807) is 26.3 Å². The molecule has 0 heterocycles. The van der Waals surface area contributed by atoms with Gasteiger partial charge in [-0.3, -0.25) is 4.99 Å². The second-order valence-electron chi connectivity index (χ2n) is 6.74. The molecule has 3 rings (SSSR count). The predicted octanol–water partition coefficient (Wildman–Crippen LogP) is 3.27. The van der Waals surface area contributed by atoms with Gasteiger partial charge in [0.05, 0.1) is 7.11 Å². The molecule has 0 aliphatic heterocycles. The number of aliphatic imine (C=N–C) groups is 1. The van der Waals surface area contributed by atoms with E-state index >= 15 is 0 Å². The minimum Gasteiger partial charge on any atom is -0.497 e. The molecule has 2 aromatic carbocycles. The first-order valence-corrected chi connectivity index (χ1v) is 8.99. The van der Waals surface area contributed by atoms with E-state index in [0.29, 0.717) is 0 Å². The Morgan fingerprint density at radius 2 is 1.92 bits per heavy atom. The SMILES string of the molecule is CN=C(NCCc1ccc(OC)cc1)NCC1(c2cccc(F)c2)CC1. The third-order valence-corrected chi connectivity index (χ3v) is 4.97. The molecule has 5 heteroatoms. The van der Waals surface area contributed by atoms with Crippen LogP contribution in [0.1, 0.15) is 24.0 Å². The molecule has 138 valence electrons. The fraction of sp³-hybridized carbons (Fsp3) is 0.381. The van der Waals surface area contributed by atoms with Crippen LogP contribution in [0.15, 0.2) is 53.5 Å². The minimum atomic E-state index is -0.171. The van der Waals surface area contributed by atoms with E-state index in [1.165, 1.54) is 11.6 Å². The van der Waals surface area contributed by atoms with Crippen LogP contribution in [0, 0.1) is 5.82 Å². The van der Waals surface area contributed by atoms with Crippen molar-refractivity contribution in [3.63, 3.8) is 0 Å². The molecule has 0 bridgehead atoms. The summed E-state index contributed by atoms with van der Waals surface area (Å²) in [7, 11) is 3.44. The van der Waals surface area contributed by atoms with Crippen LogP contribution in [0.4, 0.5) is 4.39 Å². The highest BCUT2D eigenvalue weighted by Crippen LogP contribution is 2.47. The van der Waals surface area contributed by atoms with E-state index in [0.717, 1.165) is 49.6 Å². The van der Waals surface area contributed by atoms with Gasteiger partial charge in [0, 0.05) is 25.6 Å². The van der Waals surface area contributed by atoms with E-state index in [1.807, 2.05) is 18.2 Å². The molecule has 26 heavy (non-hydrogen) atoms. The zero-order valence-electron chi connectivity index (χ0n) is 15.4. The molecular weight excluding hydrogens is 329 g/mol. The van der Waals surface area contributed by atoms with Crippen LogP contribution in [0.2, 0.25) is 0 Å². The fourth-order valence-electron chi connectivity index (χ4n) is 3.13. The van der Waals surface area contributed by atoms with Crippen molar-refractivity contribution in [3.05, 3.63) is 65.5 Å². The molecule has 1 saturated carbocycles. The lowest BCUT2D eigenvalue weighted by atomic mass is 9.96. The Labute approximate surface area is 154 Å². The maximum absolute atomic E-state index is 13.5. The van der Waals surface area contributed by atoms with Crippen molar-refractivity contribution in [2.75, 3.05) is 27.2 Å². The second kappa shape index (κ2) is 8.21. The highest BCUT2D eigenvalue weighted by Gasteiger charge is 2.44. The van der Waals surface area contributed by atoms with Gasteiger partial charge in [-0.1, -0.05) is 24.3 Å². The maximum Gasteiger partial charge on any atom is 0.191 e. The number of rotatable bonds is 7. The Morgan fingerprint density at radius 1 is 1.15 bits per heavy atom. The molecule has 0 saturated heterocycles. The van der Waals surface area contributed by atoms with Crippen molar-refractivity contribution < 1.29 is 9.13 Å². The quantitative estimate of drug-likeness (QED) is 0.592. The van der Waals surface area contributed by atoms with Gasteiger partial charge in [0.2, 0.25) is 0 Å². The first-order chi connectivity index (χ1) is 12.6. The summed E-state index contributed by atoms with van der Waals surface area (Å²) < 4.78 is 18.7. The number of hydrogen-bond acceptors (Lipinski definition) is 2. The average Bonchev–Trinajstić information content (AvgIpc) is 3.46. The number of methoxy groups -OCH3 is 1. The second-order valence-corrected chi connectivity index (χ2v) is 6.74. The molecule has 1 fully saturated rings. The van der Waals surface area contributed by atoms with Crippen LogP contribution in [-0.4, -0.2) is 33.2 Å². The molecule has 0 radical (unpaired) electrons. The van der Waals surface area contributed by atoms with Crippen molar-refractivity contribution in [2.24, 2.45) is 4.99 Å². The number of nitrogens with zero attached hydrogens (tertiary/aromatic N) is 1. The number of halogens is 1. The third-order valence-electron chi connectivity index (χ3n) is 4.97. The standard InChI is InChI=1S/C21H26FN3O/c1-23-20(24-13-10-16-6-8-19(26-2)9-7-16)25-15-21(11-12-21)17-4-3-5-18(22)14-17/h3-9,14H,10-13,15H2,1-2H3,(H2,23,24,25). The fourth-order valence-corrected chi connectivity index (χ4v) is 3.13. The topological polar surface area (TPSA) is 45.7 Å². The normalized spacial score (nSPS) is 15.4. The number of guanidine groups is 1. The molecule has 2 N–H and O–H groups in total. The van der Waals surface area contributed by atoms with Crippen molar-refractivity contribution in [2.45, 2.75) is 24.7 Å². The molecule has 0 unspecified atom stereocenters. The first kappa shape index (κ1) is 18.2. The van der Waals surface area contributed by atoms with Gasteiger partial charge in [-0.25, -0.2) is 4.39 Å². The predicted molar refractivity (Wildman–Crippen MR) is 103 cm³/mol. The Balaban J connectivity index is 1.47. The molecule has 0 amide bonds. The molecule has 0 atom stereocenters. The number of ether oxygens (including phenoxy) is 1. The van der Waals surface area contributed by atoms with Gasteiger partial charge < -0.3 is 15.4 Å². The summed E-state index contributed by atoms with van der Waals surface area (Å²) in [6.45, 7) is 1.55. The molecule has 0 aromatic heterocycles. The molecule has 1 aliphatic rings. The summed E-state index contributed by atoms with van der Waals surface area (Å²) >= 11 is 0. The van der Waals surface area contributed by atoms with Gasteiger partial charge in [-0.2, -0.15) is 0 Å². The van der Waals surface area contributed by atoms with E-state index < -0.39 is 0 Å². The van der Waals surface area contributed by atoms with Crippen molar-refractivity contribution >= 4 is 5.96 Å². The average molecular weight is 355 g/mol. The van der Waals surface area contributed by atoms with Crippen molar-refractivity contribution in [1.29, 1.82) is 0 Å². The highest BCUT2D eigenvalue weighted by atomic mass is 19.1. The van der Waals surface area contributed by atoms with Gasteiger partial charge in [0.15, 0.2) is 5.96 Å². The van der Waals surface area contributed by atoms with Crippen LogP contribution < -0.4 is 15.4 Å². The van der Waals surface area contributed by atoms with Gasteiger partial charge in [-0.05, 0) is 54.7 Å². The summed E-state index contributed by atoms with van der Waals surface area (Å²) in [5, 5.41) is 6.73. The highest BCUT2D eigenvalue weighted by molar-refractivity contribution is 5.79. The summed E-state index contributed by atoms with van der Waals surface area (Å²) in [6.07, 6.45) is 3.05. The van der Waals surface area contributed by atoms with E-state index in [4.69, 9.17) is 4.74 Å². The molecule has 4 nitrogen and oxygen atoms in total. The summed E-state index contributed by atoms with van der Waals surface area (Å²) in [5.74, 6) is 1.48. The van der Waals surface area contributed by atoms with E-state index in [-0.39, 0.29) is 11.2 Å². The lowest BCUT2D eigenvalue weighted by Crippen LogP contribution is -2.42. The maximum atomic E-state index is 13.5. The lowest BCUT2D eigenvalue weighted by molar-refractivity contribution is 0.414. The molecule has 1 aliphatic carbocycles. The minimum absolute atomic E-state index is 0.0374. The Morgan fingerprint density at radius 3 is 2.54 bits per heavy atom. The Hall–Kier alpha value is -2.56. The monoisotopic (exact) mass is 355 g/mol. The number of benzene rings is 2. The van der Waals surface area contributed by atoms with Gasteiger partial charge >= 0.3 is 0 Å². The largest absolute Gasteiger partial charge is 0.497 e. The van der Waals surface area contributed by atoms with Crippen molar-refractivity contribution in [3.8, 4) is 5.75 Å². The number of nitrogens with one attached hydrogen (secondary N) is 2. The van der Waals surface area contributed by atoms with Crippen molar-refractivity contribution in [1.82, 2.24) is 10.6 Å². The van der Waals surface area contributed by atoms with Gasteiger partial charge in [0.1, 0.15) is 11.6 Å². The smallest absolute Gasteiger partial charge is 0.191 e. The lowest BCUT2D eigenvalue weighted by Gasteiger charge is -2.19. The third kappa shape index (κ3) is 4.54. The van der Waals surface area contributed by atoms with Gasteiger partial charge in [0.25, 0.3) is 0 Å². The zero-order valence-corrected chi connectivity index (χ0v) is 15.4. The summed E-state index contributed by atoms with van der Waals surface area (Å²) in [4.78, 5) is 4.29. The van der Waals surface area contributed by atoms with Gasteiger partial charge in [-0.15, -0.1) is 0 Å². The molecule has 2 aromatic rings. The van der Waals surface area contributed by atoms with Crippen LogP contribution >= 0.6 is 0 Å². The van der Waals surface area contributed by atoms with Crippen LogP contribution in [0.5, 0.6) is 5.75 Å². The first-order valence-electron chi connectivity index (χ1n) is 8.99. The zero-order chi connectivity index (χ0) is 18.4. The van der Waals surface area contributed by atoms with Crippen LogP contribution in [0.25, 0.3) is 0 Å².